The molecule has 1 aromatic rings. The number of benzene rings is 1. The molecule has 5 nitrogen and oxygen atoms in total. The molecule has 122 valence electrons. The molecule has 0 saturated heterocycles. The van der Waals surface area contributed by atoms with Crippen LogP contribution in [0.5, 0.6) is 5.75 Å². The van der Waals surface area contributed by atoms with Crippen molar-refractivity contribution in [2.75, 3.05) is 17.7 Å². The summed E-state index contributed by atoms with van der Waals surface area (Å²) < 4.78 is 5.29. The van der Waals surface area contributed by atoms with E-state index in [1.165, 1.54) is 7.11 Å². The molecule has 2 amide bonds. The molecule has 0 bridgehead atoms. The minimum absolute atomic E-state index is 0.0308. The smallest absolute Gasteiger partial charge is 0.224 e. The molecule has 0 aliphatic carbocycles. The number of ether oxygens (including phenoxy) is 1. The second-order valence-electron chi connectivity index (χ2n) is 5.71. The van der Waals surface area contributed by atoms with Crippen molar-refractivity contribution in [3.05, 3.63) is 18.2 Å². The van der Waals surface area contributed by atoms with Crippen molar-refractivity contribution in [2.24, 2.45) is 5.92 Å². The fourth-order valence-electron chi connectivity index (χ4n) is 2.01. The molecule has 0 spiro atoms. The molecular weight excluding hydrogens is 280 g/mol. The van der Waals surface area contributed by atoms with Crippen LogP contribution in [0.2, 0.25) is 0 Å². The predicted molar refractivity (Wildman–Crippen MR) is 89.2 cm³/mol. The zero-order chi connectivity index (χ0) is 16.5. The van der Waals surface area contributed by atoms with Gasteiger partial charge in [0.25, 0.3) is 0 Å². The summed E-state index contributed by atoms with van der Waals surface area (Å²) in [5.41, 5.74) is 1.28. The third kappa shape index (κ3) is 6.16. The van der Waals surface area contributed by atoms with Crippen molar-refractivity contribution in [3.63, 3.8) is 0 Å². The summed E-state index contributed by atoms with van der Waals surface area (Å²) in [6.07, 6.45) is 2.80. The van der Waals surface area contributed by atoms with Gasteiger partial charge < -0.3 is 15.4 Å². The minimum Gasteiger partial charge on any atom is -0.494 e. The van der Waals surface area contributed by atoms with Gasteiger partial charge in [-0.3, -0.25) is 9.59 Å². The Morgan fingerprint density at radius 1 is 1.18 bits per heavy atom. The Morgan fingerprint density at radius 2 is 1.91 bits per heavy atom. The van der Waals surface area contributed by atoms with Crippen LogP contribution >= 0.6 is 0 Å². The Morgan fingerprint density at radius 3 is 2.50 bits per heavy atom. The first kappa shape index (κ1) is 18.0. The van der Waals surface area contributed by atoms with E-state index in [9.17, 15) is 9.59 Å². The van der Waals surface area contributed by atoms with Gasteiger partial charge in [-0.25, -0.2) is 0 Å². The molecule has 2 N–H and O–H groups in total. The van der Waals surface area contributed by atoms with E-state index in [4.69, 9.17) is 4.74 Å². The predicted octanol–water partition coefficient (Wildman–Crippen LogP) is 3.81. The zero-order valence-electron chi connectivity index (χ0n) is 13.9. The number of carbonyl (C=O) groups excluding carboxylic acids is 2. The van der Waals surface area contributed by atoms with Crippen LogP contribution in [0.1, 0.15) is 46.5 Å². The lowest BCUT2D eigenvalue weighted by atomic mass is 10.1. The molecule has 0 heterocycles. The fraction of sp³-hybridized carbons (Fsp3) is 0.529. The first-order valence-electron chi connectivity index (χ1n) is 7.74. The summed E-state index contributed by atoms with van der Waals surface area (Å²) in [4.78, 5) is 23.6. The molecule has 0 fully saturated rings. The highest BCUT2D eigenvalue weighted by Gasteiger charge is 2.10. The van der Waals surface area contributed by atoms with Gasteiger partial charge in [0.1, 0.15) is 5.75 Å². The zero-order valence-corrected chi connectivity index (χ0v) is 13.9. The Balaban J connectivity index is 2.74. The Labute approximate surface area is 132 Å². The maximum Gasteiger partial charge on any atom is 0.224 e. The van der Waals surface area contributed by atoms with Gasteiger partial charge in [0, 0.05) is 24.6 Å². The molecule has 0 radical (unpaired) electrons. The molecule has 1 rings (SSSR count). The van der Waals surface area contributed by atoms with Gasteiger partial charge in [0.05, 0.1) is 12.8 Å². The maximum atomic E-state index is 11.8. The second kappa shape index (κ2) is 9.07. The van der Waals surface area contributed by atoms with Crippen LogP contribution in [0.25, 0.3) is 0 Å². The quantitative estimate of drug-likeness (QED) is 0.767. The SMILES string of the molecule is CCCCC(=O)Nc1ccc(NC(=O)CC(C)C)cc1OC. The number of carbonyl (C=O) groups is 2. The van der Waals surface area contributed by atoms with Gasteiger partial charge in [-0.05, 0) is 24.5 Å². The van der Waals surface area contributed by atoms with E-state index in [-0.39, 0.29) is 11.8 Å². The minimum atomic E-state index is -0.0308. The molecule has 1 aromatic carbocycles. The largest absolute Gasteiger partial charge is 0.494 e. The average Bonchev–Trinajstić information content (AvgIpc) is 2.45. The third-order valence-corrected chi connectivity index (χ3v) is 3.11. The van der Waals surface area contributed by atoms with Crippen molar-refractivity contribution < 1.29 is 14.3 Å². The van der Waals surface area contributed by atoms with E-state index >= 15 is 0 Å². The summed E-state index contributed by atoms with van der Waals surface area (Å²) in [6, 6.07) is 5.22. The Bertz CT molecular complexity index is 513. The second-order valence-corrected chi connectivity index (χ2v) is 5.71. The van der Waals surface area contributed by atoms with Crippen LogP contribution in [0.3, 0.4) is 0 Å². The number of hydrogen-bond donors (Lipinski definition) is 2. The third-order valence-electron chi connectivity index (χ3n) is 3.11. The highest BCUT2D eigenvalue weighted by Crippen LogP contribution is 2.28. The van der Waals surface area contributed by atoms with Crippen molar-refractivity contribution in [3.8, 4) is 5.75 Å². The first-order valence-corrected chi connectivity index (χ1v) is 7.74. The Hall–Kier alpha value is -2.04. The number of rotatable bonds is 8. The lowest BCUT2D eigenvalue weighted by molar-refractivity contribution is -0.117. The van der Waals surface area contributed by atoms with E-state index in [0.29, 0.717) is 35.9 Å². The van der Waals surface area contributed by atoms with Gasteiger partial charge in [-0.15, -0.1) is 0 Å². The topological polar surface area (TPSA) is 67.4 Å². The summed E-state index contributed by atoms with van der Waals surface area (Å²) >= 11 is 0. The summed E-state index contributed by atoms with van der Waals surface area (Å²) in [7, 11) is 1.54. The van der Waals surface area contributed by atoms with Crippen molar-refractivity contribution in [2.45, 2.75) is 46.5 Å². The van der Waals surface area contributed by atoms with Crippen LogP contribution in [-0.4, -0.2) is 18.9 Å². The fourth-order valence-corrected chi connectivity index (χ4v) is 2.01. The highest BCUT2D eigenvalue weighted by molar-refractivity contribution is 5.94. The monoisotopic (exact) mass is 306 g/mol. The van der Waals surface area contributed by atoms with Crippen LogP contribution in [-0.2, 0) is 9.59 Å². The van der Waals surface area contributed by atoms with Crippen LogP contribution in [0, 0.1) is 5.92 Å². The number of anilines is 2. The van der Waals surface area contributed by atoms with Gasteiger partial charge >= 0.3 is 0 Å². The van der Waals surface area contributed by atoms with E-state index in [1.54, 1.807) is 18.2 Å². The van der Waals surface area contributed by atoms with Crippen LogP contribution in [0.15, 0.2) is 18.2 Å². The van der Waals surface area contributed by atoms with Gasteiger partial charge in [0.15, 0.2) is 0 Å². The van der Waals surface area contributed by atoms with Gasteiger partial charge in [-0.2, -0.15) is 0 Å². The van der Waals surface area contributed by atoms with Gasteiger partial charge in [0.2, 0.25) is 11.8 Å². The van der Waals surface area contributed by atoms with Crippen molar-refractivity contribution in [1.82, 2.24) is 0 Å². The maximum absolute atomic E-state index is 11.8. The molecule has 22 heavy (non-hydrogen) atoms. The molecule has 0 aliphatic rings. The molecule has 0 aromatic heterocycles. The lowest BCUT2D eigenvalue weighted by Gasteiger charge is -2.13. The summed E-state index contributed by atoms with van der Waals surface area (Å²) in [5, 5.41) is 5.66. The lowest BCUT2D eigenvalue weighted by Crippen LogP contribution is -2.15. The number of hydrogen-bond acceptors (Lipinski definition) is 3. The van der Waals surface area contributed by atoms with Gasteiger partial charge in [-0.1, -0.05) is 27.2 Å². The van der Waals surface area contributed by atoms with E-state index in [1.807, 2.05) is 20.8 Å². The van der Waals surface area contributed by atoms with E-state index < -0.39 is 0 Å². The van der Waals surface area contributed by atoms with Crippen molar-refractivity contribution in [1.29, 1.82) is 0 Å². The molecular formula is C17H26N2O3. The molecule has 0 unspecified atom stereocenters. The molecule has 0 atom stereocenters. The Kier molecular flexibility index (Phi) is 7.43. The number of unbranched alkanes of at least 4 members (excludes halogenated alkanes) is 1. The number of methoxy groups -OCH3 is 1. The molecule has 0 aliphatic heterocycles. The summed E-state index contributed by atoms with van der Waals surface area (Å²) in [6.45, 7) is 6.03. The normalized spacial score (nSPS) is 10.4. The van der Waals surface area contributed by atoms with E-state index in [0.717, 1.165) is 12.8 Å². The van der Waals surface area contributed by atoms with Crippen LogP contribution < -0.4 is 15.4 Å². The van der Waals surface area contributed by atoms with Crippen LogP contribution in [0.4, 0.5) is 11.4 Å². The number of nitrogens with one attached hydrogen (secondary N) is 2. The van der Waals surface area contributed by atoms with E-state index in [2.05, 4.69) is 10.6 Å². The molecule has 0 saturated carbocycles. The van der Waals surface area contributed by atoms with Crippen molar-refractivity contribution >= 4 is 23.2 Å². The summed E-state index contributed by atoms with van der Waals surface area (Å²) in [5.74, 6) is 0.778. The standard InChI is InChI=1S/C17H26N2O3/c1-5-6-7-16(20)19-14-9-8-13(11-15(14)22-4)18-17(21)10-12(2)3/h8-9,11-12H,5-7,10H2,1-4H3,(H,18,21)(H,19,20). The highest BCUT2D eigenvalue weighted by atomic mass is 16.5. The molecule has 5 heteroatoms. The number of amides is 2. The first-order chi connectivity index (χ1) is 10.5. The average molecular weight is 306 g/mol.